The number of aryl methyl sites for hydroxylation is 1. The summed E-state index contributed by atoms with van der Waals surface area (Å²) in [4.78, 5) is 2.65. The molecule has 0 heterocycles. The summed E-state index contributed by atoms with van der Waals surface area (Å²) in [5.74, 6) is 1.76. The molecule has 1 aliphatic rings. The van der Waals surface area contributed by atoms with Crippen molar-refractivity contribution in [1.82, 2.24) is 4.90 Å². The van der Waals surface area contributed by atoms with Crippen LogP contribution in [0.3, 0.4) is 0 Å². The highest BCUT2D eigenvalue weighted by atomic mass is 15.1. The molecule has 0 bridgehead atoms. The number of rotatable bonds is 9. The van der Waals surface area contributed by atoms with Gasteiger partial charge in [0.15, 0.2) is 0 Å². The molecule has 0 amide bonds. The Kier molecular flexibility index (Phi) is 6.09. The van der Waals surface area contributed by atoms with Crippen molar-refractivity contribution in [3.63, 3.8) is 0 Å². The van der Waals surface area contributed by atoms with E-state index in [4.69, 9.17) is 0 Å². The first-order valence-corrected chi connectivity index (χ1v) is 8.39. The number of benzene rings is 1. The molecule has 0 spiro atoms. The number of hydrogen-bond donors (Lipinski definition) is 0. The lowest BCUT2D eigenvalue weighted by atomic mass is 9.98. The molecule has 1 aromatic rings. The van der Waals surface area contributed by atoms with E-state index in [1.54, 1.807) is 0 Å². The van der Waals surface area contributed by atoms with Crippen molar-refractivity contribution in [1.29, 1.82) is 0 Å². The van der Waals surface area contributed by atoms with Gasteiger partial charge in [0, 0.05) is 13.1 Å². The highest BCUT2D eigenvalue weighted by Crippen LogP contribution is 2.30. The van der Waals surface area contributed by atoms with E-state index in [9.17, 15) is 0 Å². The van der Waals surface area contributed by atoms with Crippen molar-refractivity contribution in [3.05, 3.63) is 35.4 Å². The van der Waals surface area contributed by atoms with E-state index >= 15 is 0 Å². The molecule has 1 saturated carbocycles. The lowest BCUT2D eigenvalue weighted by molar-refractivity contribution is 0.254. The second-order valence-corrected chi connectivity index (χ2v) is 6.81. The van der Waals surface area contributed by atoms with E-state index in [1.165, 1.54) is 56.3 Å². The molecule has 1 radical (unpaired) electrons. The lowest BCUT2D eigenvalue weighted by Gasteiger charge is -2.23. The summed E-state index contributed by atoms with van der Waals surface area (Å²) in [6.45, 7) is 10.6. The maximum atomic E-state index is 3.28. The van der Waals surface area contributed by atoms with Gasteiger partial charge in [-0.05, 0) is 73.7 Å². The molecule has 0 atom stereocenters. The van der Waals surface area contributed by atoms with Crippen molar-refractivity contribution in [3.8, 4) is 0 Å². The van der Waals surface area contributed by atoms with E-state index in [0.29, 0.717) is 0 Å². The first kappa shape index (κ1) is 15.6. The summed E-state index contributed by atoms with van der Waals surface area (Å²) in [5, 5.41) is 0. The molecule has 2 rings (SSSR count). The van der Waals surface area contributed by atoms with Crippen LogP contribution in [0.5, 0.6) is 0 Å². The third-order valence-electron chi connectivity index (χ3n) is 4.19. The standard InChI is InChI=1S/C19H30N/c1-4-13-20(14-17-10-11-17)15-19-8-6-5-7-18(19)12-9-16(2)3/h5,7-8,16-17H,4,9-15H2,1-3H3. The van der Waals surface area contributed by atoms with Crippen molar-refractivity contribution in [2.75, 3.05) is 13.1 Å². The fraction of sp³-hybridized carbons (Fsp3) is 0.684. The molecule has 0 aliphatic heterocycles. The van der Waals surface area contributed by atoms with Crippen LogP contribution in [0.15, 0.2) is 18.2 Å². The Hall–Kier alpha value is -0.820. The second kappa shape index (κ2) is 7.83. The average molecular weight is 272 g/mol. The Labute approximate surface area is 125 Å². The van der Waals surface area contributed by atoms with Crippen LogP contribution in [-0.4, -0.2) is 18.0 Å². The highest BCUT2D eigenvalue weighted by Gasteiger charge is 2.24. The smallest absolute Gasteiger partial charge is 0.0236 e. The third kappa shape index (κ3) is 5.28. The van der Waals surface area contributed by atoms with Gasteiger partial charge in [0.05, 0.1) is 0 Å². The predicted molar refractivity (Wildman–Crippen MR) is 86.7 cm³/mol. The maximum absolute atomic E-state index is 3.28. The third-order valence-corrected chi connectivity index (χ3v) is 4.19. The van der Waals surface area contributed by atoms with E-state index in [1.807, 2.05) is 0 Å². The monoisotopic (exact) mass is 272 g/mol. The van der Waals surface area contributed by atoms with Crippen LogP contribution in [-0.2, 0) is 13.0 Å². The molecule has 0 N–H and O–H groups in total. The van der Waals surface area contributed by atoms with Gasteiger partial charge >= 0.3 is 0 Å². The Morgan fingerprint density at radius 2 is 2.10 bits per heavy atom. The average Bonchev–Trinajstić information content (AvgIpc) is 3.22. The fourth-order valence-electron chi connectivity index (χ4n) is 2.79. The Morgan fingerprint density at radius 3 is 2.75 bits per heavy atom. The zero-order chi connectivity index (χ0) is 14.4. The van der Waals surface area contributed by atoms with Gasteiger partial charge in [-0.3, -0.25) is 4.90 Å². The zero-order valence-electron chi connectivity index (χ0n) is 13.5. The first-order chi connectivity index (χ1) is 9.69. The van der Waals surface area contributed by atoms with Crippen LogP contribution in [0.25, 0.3) is 0 Å². The van der Waals surface area contributed by atoms with Crippen molar-refractivity contribution in [2.45, 2.75) is 59.4 Å². The minimum absolute atomic E-state index is 0.783. The number of hydrogen-bond acceptors (Lipinski definition) is 1. The zero-order valence-corrected chi connectivity index (χ0v) is 13.5. The summed E-state index contributed by atoms with van der Waals surface area (Å²) < 4.78 is 0. The minimum atomic E-state index is 0.783. The van der Waals surface area contributed by atoms with Gasteiger partial charge in [0.25, 0.3) is 0 Å². The van der Waals surface area contributed by atoms with Crippen LogP contribution in [0.2, 0.25) is 0 Å². The minimum Gasteiger partial charge on any atom is -0.299 e. The molecule has 20 heavy (non-hydrogen) atoms. The van der Waals surface area contributed by atoms with Crippen molar-refractivity contribution >= 4 is 0 Å². The summed E-state index contributed by atoms with van der Waals surface area (Å²) in [6, 6.07) is 9.84. The first-order valence-electron chi connectivity index (χ1n) is 8.39. The van der Waals surface area contributed by atoms with Crippen molar-refractivity contribution < 1.29 is 0 Å². The van der Waals surface area contributed by atoms with Gasteiger partial charge in [0.1, 0.15) is 0 Å². The van der Waals surface area contributed by atoms with Gasteiger partial charge in [-0.25, -0.2) is 0 Å². The summed E-state index contributed by atoms with van der Waals surface area (Å²) in [7, 11) is 0. The molecule has 0 aromatic heterocycles. The SMILES string of the molecule is CCCN(Cc1c[c]ccc1CCC(C)C)CC1CC1. The fourth-order valence-corrected chi connectivity index (χ4v) is 2.79. The Morgan fingerprint density at radius 1 is 1.30 bits per heavy atom. The molecular weight excluding hydrogens is 242 g/mol. The Bertz CT molecular complexity index is 393. The lowest BCUT2D eigenvalue weighted by Crippen LogP contribution is -2.27. The highest BCUT2D eigenvalue weighted by molar-refractivity contribution is 5.26. The van der Waals surface area contributed by atoms with E-state index in [-0.39, 0.29) is 0 Å². The van der Waals surface area contributed by atoms with Crippen LogP contribution >= 0.6 is 0 Å². The van der Waals surface area contributed by atoms with Gasteiger partial charge in [0.2, 0.25) is 0 Å². The molecule has 0 unspecified atom stereocenters. The van der Waals surface area contributed by atoms with Gasteiger partial charge < -0.3 is 0 Å². The quantitative estimate of drug-likeness (QED) is 0.630. The molecule has 1 fully saturated rings. The predicted octanol–water partition coefficient (Wildman–Crippen LogP) is 4.70. The normalized spacial score (nSPS) is 15.2. The number of nitrogens with zero attached hydrogens (tertiary/aromatic N) is 1. The van der Waals surface area contributed by atoms with E-state index < -0.39 is 0 Å². The molecule has 0 saturated heterocycles. The largest absolute Gasteiger partial charge is 0.299 e. The van der Waals surface area contributed by atoms with Crippen molar-refractivity contribution in [2.24, 2.45) is 11.8 Å². The molecular formula is C19H30N. The second-order valence-electron chi connectivity index (χ2n) is 6.81. The van der Waals surface area contributed by atoms with Gasteiger partial charge in [-0.2, -0.15) is 0 Å². The summed E-state index contributed by atoms with van der Waals surface area (Å²) >= 11 is 0. The van der Waals surface area contributed by atoms with Crippen LogP contribution in [0.4, 0.5) is 0 Å². The molecule has 1 aromatic carbocycles. The topological polar surface area (TPSA) is 3.24 Å². The van der Waals surface area contributed by atoms with Crippen LogP contribution in [0.1, 0.15) is 57.6 Å². The van der Waals surface area contributed by atoms with E-state index in [0.717, 1.165) is 18.4 Å². The molecule has 1 heteroatoms. The molecule has 1 nitrogen and oxygen atoms in total. The molecule has 111 valence electrons. The molecule has 1 aliphatic carbocycles. The summed E-state index contributed by atoms with van der Waals surface area (Å²) in [6.07, 6.45) is 6.64. The van der Waals surface area contributed by atoms with Gasteiger partial charge in [-0.1, -0.05) is 32.9 Å². The van der Waals surface area contributed by atoms with Crippen LogP contribution < -0.4 is 0 Å². The van der Waals surface area contributed by atoms with E-state index in [2.05, 4.69) is 49.9 Å². The van der Waals surface area contributed by atoms with Gasteiger partial charge in [-0.15, -0.1) is 0 Å². The Balaban J connectivity index is 1.97. The van der Waals surface area contributed by atoms with Crippen LogP contribution in [0, 0.1) is 17.9 Å². The summed E-state index contributed by atoms with van der Waals surface area (Å²) in [5.41, 5.74) is 3.04. The maximum Gasteiger partial charge on any atom is 0.0236 e.